The maximum absolute atomic E-state index is 11.9. The SMILES string of the molecule is Cc1cccc(C(=O)C(C)(C)C)c1O. The van der Waals surface area contributed by atoms with E-state index in [0.29, 0.717) is 5.56 Å². The minimum atomic E-state index is -0.453. The lowest BCUT2D eigenvalue weighted by atomic mass is 9.85. The molecule has 0 heterocycles. The summed E-state index contributed by atoms with van der Waals surface area (Å²) in [6.07, 6.45) is 0. The fourth-order valence-corrected chi connectivity index (χ4v) is 1.25. The second-order valence-corrected chi connectivity index (χ2v) is 4.55. The predicted octanol–water partition coefficient (Wildman–Crippen LogP) is 2.93. The van der Waals surface area contributed by atoms with Crippen LogP contribution in [0.2, 0.25) is 0 Å². The normalized spacial score (nSPS) is 11.4. The van der Waals surface area contributed by atoms with Crippen LogP contribution in [0.25, 0.3) is 0 Å². The first-order valence-corrected chi connectivity index (χ1v) is 4.67. The quantitative estimate of drug-likeness (QED) is 0.694. The predicted molar refractivity (Wildman–Crippen MR) is 56.6 cm³/mol. The van der Waals surface area contributed by atoms with Gasteiger partial charge in [0.25, 0.3) is 0 Å². The van der Waals surface area contributed by atoms with E-state index in [1.807, 2.05) is 20.8 Å². The van der Waals surface area contributed by atoms with Crippen LogP contribution >= 0.6 is 0 Å². The van der Waals surface area contributed by atoms with Crippen molar-refractivity contribution in [3.8, 4) is 5.75 Å². The molecule has 0 unspecified atom stereocenters. The maximum atomic E-state index is 11.9. The number of hydrogen-bond donors (Lipinski definition) is 1. The average molecular weight is 192 g/mol. The lowest BCUT2D eigenvalue weighted by Gasteiger charge is -2.17. The second kappa shape index (κ2) is 3.45. The van der Waals surface area contributed by atoms with Crippen LogP contribution in [-0.4, -0.2) is 10.9 Å². The van der Waals surface area contributed by atoms with Crippen LogP contribution < -0.4 is 0 Å². The zero-order valence-electron chi connectivity index (χ0n) is 9.09. The molecule has 0 aliphatic carbocycles. The number of phenols is 1. The molecule has 0 aromatic heterocycles. The van der Waals surface area contributed by atoms with Crippen molar-refractivity contribution in [2.24, 2.45) is 5.41 Å². The monoisotopic (exact) mass is 192 g/mol. The van der Waals surface area contributed by atoms with Gasteiger partial charge in [0.05, 0.1) is 5.56 Å². The highest BCUT2D eigenvalue weighted by molar-refractivity contribution is 6.02. The van der Waals surface area contributed by atoms with Gasteiger partial charge >= 0.3 is 0 Å². The molecule has 1 aromatic carbocycles. The molecule has 0 bridgehead atoms. The van der Waals surface area contributed by atoms with E-state index in [1.54, 1.807) is 25.1 Å². The van der Waals surface area contributed by atoms with Gasteiger partial charge in [0.1, 0.15) is 5.75 Å². The van der Waals surface area contributed by atoms with Crippen LogP contribution in [-0.2, 0) is 0 Å². The molecular weight excluding hydrogens is 176 g/mol. The van der Waals surface area contributed by atoms with E-state index in [4.69, 9.17) is 0 Å². The van der Waals surface area contributed by atoms with E-state index < -0.39 is 5.41 Å². The molecule has 1 rings (SSSR count). The molecule has 0 saturated carbocycles. The molecule has 0 spiro atoms. The van der Waals surface area contributed by atoms with E-state index in [9.17, 15) is 9.90 Å². The Morgan fingerprint density at radius 1 is 1.29 bits per heavy atom. The molecule has 0 radical (unpaired) electrons. The van der Waals surface area contributed by atoms with E-state index in [2.05, 4.69) is 0 Å². The maximum Gasteiger partial charge on any atom is 0.171 e. The first kappa shape index (κ1) is 10.8. The number of rotatable bonds is 1. The van der Waals surface area contributed by atoms with Gasteiger partial charge in [-0.2, -0.15) is 0 Å². The second-order valence-electron chi connectivity index (χ2n) is 4.55. The Labute approximate surface area is 84.6 Å². The van der Waals surface area contributed by atoms with Gasteiger partial charge in [0, 0.05) is 5.41 Å². The van der Waals surface area contributed by atoms with Crippen LogP contribution in [0.5, 0.6) is 5.75 Å². The zero-order chi connectivity index (χ0) is 10.9. The number of aromatic hydroxyl groups is 1. The number of Topliss-reactive ketones (excluding diaryl/α,β-unsaturated/α-hetero) is 1. The van der Waals surface area contributed by atoms with Gasteiger partial charge in [-0.25, -0.2) is 0 Å². The van der Waals surface area contributed by atoms with Crippen molar-refractivity contribution in [3.63, 3.8) is 0 Å². The van der Waals surface area contributed by atoms with Crippen molar-refractivity contribution in [2.45, 2.75) is 27.7 Å². The van der Waals surface area contributed by atoms with E-state index >= 15 is 0 Å². The van der Waals surface area contributed by atoms with Crippen LogP contribution in [0.15, 0.2) is 18.2 Å². The van der Waals surface area contributed by atoms with Gasteiger partial charge in [-0.05, 0) is 18.6 Å². The fourth-order valence-electron chi connectivity index (χ4n) is 1.25. The number of para-hydroxylation sites is 1. The molecule has 0 atom stereocenters. The number of phenolic OH excluding ortho intramolecular Hbond substituents is 1. The smallest absolute Gasteiger partial charge is 0.171 e. The van der Waals surface area contributed by atoms with Gasteiger partial charge in [-0.3, -0.25) is 4.79 Å². The summed E-state index contributed by atoms with van der Waals surface area (Å²) in [6.45, 7) is 7.32. The van der Waals surface area contributed by atoms with E-state index in [0.717, 1.165) is 5.56 Å². The molecule has 0 aliphatic rings. The van der Waals surface area contributed by atoms with Gasteiger partial charge in [-0.1, -0.05) is 32.9 Å². The summed E-state index contributed by atoms with van der Waals surface area (Å²) in [4.78, 5) is 11.9. The number of aryl methyl sites for hydroxylation is 1. The standard InChI is InChI=1S/C12H16O2/c1-8-6-5-7-9(10(8)13)11(14)12(2,3)4/h5-7,13H,1-4H3. The molecule has 2 nitrogen and oxygen atoms in total. The Bertz CT molecular complexity index is 359. The Kier molecular flexibility index (Phi) is 2.65. The van der Waals surface area contributed by atoms with Gasteiger partial charge < -0.3 is 5.11 Å². The third-order valence-corrected chi connectivity index (χ3v) is 2.16. The fraction of sp³-hybridized carbons (Fsp3) is 0.417. The Balaban J connectivity index is 3.21. The van der Waals surface area contributed by atoms with Crippen molar-refractivity contribution < 1.29 is 9.90 Å². The highest BCUT2D eigenvalue weighted by Crippen LogP contribution is 2.28. The summed E-state index contributed by atoms with van der Waals surface area (Å²) < 4.78 is 0. The molecule has 2 heteroatoms. The summed E-state index contributed by atoms with van der Waals surface area (Å²) in [5.41, 5.74) is 0.697. The topological polar surface area (TPSA) is 37.3 Å². The van der Waals surface area contributed by atoms with Crippen molar-refractivity contribution in [3.05, 3.63) is 29.3 Å². The zero-order valence-corrected chi connectivity index (χ0v) is 9.09. The van der Waals surface area contributed by atoms with Gasteiger partial charge in [0.15, 0.2) is 5.78 Å². The molecule has 0 aliphatic heterocycles. The Hall–Kier alpha value is -1.31. The summed E-state index contributed by atoms with van der Waals surface area (Å²) in [6, 6.07) is 5.23. The molecule has 76 valence electrons. The van der Waals surface area contributed by atoms with E-state index in [1.165, 1.54) is 0 Å². The summed E-state index contributed by atoms with van der Waals surface area (Å²) in [7, 11) is 0. The number of hydrogen-bond acceptors (Lipinski definition) is 2. The van der Waals surface area contributed by atoms with Crippen LogP contribution in [0, 0.1) is 12.3 Å². The minimum absolute atomic E-state index is 0.0290. The Morgan fingerprint density at radius 2 is 1.86 bits per heavy atom. The minimum Gasteiger partial charge on any atom is -0.507 e. The summed E-state index contributed by atoms with van der Waals surface area (Å²) in [5, 5.41) is 9.71. The van der Waals surface area contributed by atoms with Crippen LogP contribution in [0.1, 0.15) is 36.7 Å². The van der Waals surface area contributed by atoms with Crippen molar-refractivity contribution >= 4 is 5.78 Å². The average Bonchev–Trinajstić information content (AvgIpc) is 2.07. The Morgan fingerprint density at radius 3 is 2.36 bits per heavy atom. The molecular formula is C12H16O2. The number of ketones is 1. The molecule has 14 heavy (non-hydrogen) atoms. The molecule has 0 amide bonds. The van der Waals surface area contributed by atoms with Crippen LogP contribution in [0.3, 0.4) is 0 Å². The van der Waals surface area contributed by atoms with Crippen molar-refractivity contribution in [1.82, 2.24) is 0 Å². The lowest BCUT2D eigenvalue weighted by molar-refractivity contribution is 0.0855. The van der Waals surface area contributed by atoms with Crippen molar-refractivity contribution in [1.29, 1.82) is 0 Å². The summed E-state index contributed by atoms with van der Waals surface area (Å²) in [5.74, 6) is 0.0751. The highest BCUT2D eigenvalue weighted by Gasteiger charge is 2.25. The number of carbonyl (C=O) groups excluding carboxylic acids is 1. The lowest BCUT2D eigenvalue weighted by Crippen LogP contribution is -2.20. The largest absolute Gasteiger partial charge is 0.507 e. The molecule has 0 saturated heterocycles. The highest BCUT2D eigenvalue weighted by atomic mass is 16.3. The number of carbonyl (C=O) groups is 1. The molecule has 0 fully saturated rings. The van der Waals surface area contributed by atoms with Crippen LogP contribution in [0.4, 0.5) is 0 Å². The molecule has 1 N–H and O–H groups in total. The van der Waals surface area contributed by atoms with Gasteiger partial charge in [0.2, 0.25) is 0 Å². The third kappa shape index (κ3) is 1.95. The van der Waals surface area contributed by atoms with Gasteiger partial charge in [-0.15, -0.1) is 0 Å². The first-order chi connectivity index (χ1) is 6.34. The third-order valence-electron chi connectivity index (χ3n) is 2.16. The molecule has 1 aromatic rings. The van der Waals surface area contributed by atoms with E-state index in [-0.39, 0.29) is 11.5 Å². The number of benzene rings is 1. The first-order valence-electron chi connectivity index (χ1n) is 4.67. The van der Waals surface area contributed by atoms with Crippen molar-refractivity contribution in [2.75, 3.05) is 0 Å². The summed E-state index contributed by atoms with van der Waals surface area (Å²) >= 11 is 0.